The van der Waals surface area contributed by atoms with Crippen LogP contribution >= 0.6 is 0 Å². The highest BCUT2D eigenvalue weighted by Crippen LogP contribution is 2.19. The maximum absolute atomic E-state index is 11.8. The zero-order valence-corrected chi connectivity index (χ0v) is 16.9. The summed E-state index contributed by atoms with van der Waals surface area (Å²) in [5, 5.41) is 0. The Bertz CT molecular complexity index is 681. The zero-order chi connectivity index (χ0) is 19.5. The first kappa shape index (κ1) is 21.1. The average molecular weight is 369 g/mol. The van der Waals surface area contributed by atoms with Gasteiger partial charge in [-0.3, -0.25) is 4.79 Å². The van der Waals surface area contributed by atoms with Gasteiger partial charge in [0.2, 0.25) is 0 Å². The minimum atomic E-state index is -0.243. The van der Waals surface area contributed by atoms with Crippen LogP contribution < -0.4 is 4.74 Å². The van der Waals surface area contributed by atoms with Crippen molar-refractivity contribution in [1.82, 2.24) is 9.97 Å². The largest absolute Gasteiger partial charge is 0.423 e. The fraction of sp³-hybridized carbons (Fsp3) is 0.522. The molecular formula is C23H32N2O2. The van der Waals surface area contributed by atoms with Crippen molar-refractivity contribution in [3.63, 3.8) is 0 Å². The summed E-state index contributed by atoms with van der Waals surface area (Å²) in [5.41, 5.74) is 2.33. The molecule has 0 fully saturated rings. The lowest BCUT2D eigenvalue weighted by molar-refractivity contribution is -0.138. The molecule has 1 aromatic carbocycles. The fourth-order valence-electron chi connectivity index (χ4n) is 2.83. The smallest absolute Gasteiger partial charge is 0.314 e. The second-order valence-electron chi connectivity index (χ2n) is 7.19. The highest BCUT2D eigenvalue weighted by molar-refractivity contribution is 5.74. The number of rotatable bonds is 11. The van der Waals surface area contributed by atoms with Gasteiger partial charge in [-0.15, -0.1) is 0 Å². The first-order chi connectivity index (χ1) is 13.1. The number of ether oxygens (including phenoxy) is 1. The number of nitrogens with zero attached hydrogens (tertiary/aromatic N) is 2. The van der Waals surface area contributed by atoms with Crippen LogP contribution in [-0.2, 0) is 11.2 Å². The van der Waals surface area contributed by atoms with Gasteiger partial charge in [-0.25, -0.2) is 9.97 Å². The normalized spacial score (nSPS) is 12.0. The predicted octanol–water partition coefficient (Wildman–Crippen LogP) is 6.00. The molecule has 0 saturated carbocycles. The maximum atomic E-state index is 11.8. The van der Waals surface area contributed by atoms with Crippen LogP contribution in [0.4, 0.5) is 0 Å². The van der Waals surface area contributed by atoms with E-state index in [9.17, 15) is 4.79 Å². The molecule has 146 valence electrons. The van der Waals surface area contributed by atoms with Gasteiger partial charge in [-0.05, 0) is 24.8 Å². The van der Waals surface area contributed by atoms with Crippen molar-refractivity contribution >= 4 is 5.97 Å². The number of esters is 1. The Labute approximate surface area is 163 Å². The summed E-state index contributed by atoms with van der Waals surface area (Å²) >= 11 is 0. The van der Waals surface area contributed by atoms with E-state index in [1.165, 1.54) is 44.1 Å². The van der Waals surface area contributed by atoms with Crippen LogP contribution in [0.1, 0.15) is 71.3 Å². The Hall–Kier alpha value is -2.23. The molecule has 0 N–H and O–H groups in total. The van der Waals surface area contributed by atoms with E-state index < -0.39 is 0 Å². The molecule has 0 spiro atoms. The van der Waals surface area contributed by atoms with Crippen molar-refractivity contribution < 1.29 is 9.53 Å². The maximum Gasteiger partial charge on any atom is 0.314 e. The van der Waals surface area contributed by atoms with Gasteiger partial charge in [-0.1, -0.05) is 77.1 Å². The number of hydrogen-bond donors (Lipinski definition) is 0. The van der Waals surface area contributed by atoms with Crippen molar-refractivity contribution in [2.24, 2.45) is 5.92 Å². The van der Waals surface area contributed by atoms with E-state index in [4.69, 9.17) is 4.74 Å². The van der Waals surface area contributed by atoms with Gasteiger partial charge >= 0.3 is 5.97 Å². The molecule has 4 heteroatoms. The van der Waals surface area contributed by atoms with Gasteiger partial charge in [0.05, 0.1) is 18.3 Å². The summed E-state index contributed by atoms with van der Waals surface area (Å²) < 4.78 is 5.29. The first-order valence-electron chi connectivity index (χ1n) is 10.3. The second-order valence-corrected chi connectivity index (χ2v) is 7.19. The Morgan fingerprint density at radius 2 is 1.59 bits per heavy atom. The van der Waals surface area contributed by atoms with Crippen LogP contribution in [0, 0.1) is 5.92 Å². The van der Waals surface area contributed by atoms with Gasteiger partial charge in [0, 0.05) is 5.56 Å². The second kappa shape index (κ2) is 11.5. The molecule has 2 aromatic rings. The molecule has 0 aliphatic heterocycles. The number of benzene rings is 1. The summed E-state index contributed by atoms with van der Waals surface area (Å²) in [6, 6.07) is 8.43. The third kappa shape index (κ3) is 7.12. The van der Waals surface area contributed by atoms with Crippen LogP contribution in [0.5, 0.6) is 5.75 Å². The lowest BCUT2D eigenvalue weighted by atomic mass is 10.0. The summed E-state index contributed by atoms with van der Waals surface area (Å²) in [4.78, 5) is 20.5. The van der Waals surface area contributed by atoms with E-state index in [1.54, 1.807) is 12.4 Å². The standard InChI is InChI=1S/C23H32N2O2/c1-4-6-7-8-9-10-11-19-12-14-20(15-13-19)22-24-16-21(17-25-22)27-23(26)18(3)5-2/h12-18H,4-11H2,1-3H3. The number of hydrogen-bond acceptors (Lipinski definition) is 4. The average Bonchev–Trinajstić information content (AvgIpc) is 2.71. The number of unbranched alkanes of at least 4 members (excludes halogenated alkanes) is 5. The number of carbonyl (C=O) groups is 1. The highest BCUT2D eigenvalue weighted by atomic mass is 16.5. The van der Waals surface area contributed by atoms with Crippen molar-refractivity contribution in [1.29, 1.82) is 0 Å². The molecule has 0 saturated heterocycles. The number of carbonyl (C=O) groups excluding carboxylic acids is 1. The molecule has 1 heterocycles. The number of aromatic nitrogens is 2. The topological polar surface area (TPSA) is 52.1 Å². The van der Waals surface area contributed by atoms with E-state index in [0.29, 0.717) is 11.6 Å². The molecule has 1 aromatic heterocycles. The molecule has 4 nitrogen and oxygen atoms in total. The molecule has 0 radical (unpaired) electrons. The Balaban J connectivity index is 1.84. The minimum Gasteiger partial charge on any atom is -0.423 e. The van der Waals surface area contributed by atoms with Crippen molar-refractivity contribution in [3.05, 3.63) is 42.2 Å². The molecule has 0 aliphatic rings. The van der Waals surface area contributed by atoms with E-state index >= 15 is 0 Å². The van der Waals surface area contributed by atoms with Crippen molar-refractivity contribution in [2.45, 2.75) is 72.1 Å². The van der Waals surface area contributed by atoms with Crippen LogP contribution in [0.25, 0.3) is 11.4 Å². The summed E-state index contributed by atoms with van der Waals surface area (Å²) in [6.45, 7) is 6.06. The highest BCUT2D eigenvalue weighted by Gasteiger charge is 2.13. The summed E-state index contributed by atoms with van der Waals surface area (Å²) in [7, 11) is 0. The van der Waals surface area contributed by atoms with Gasteiger partial charge in [0.1, 0.15) is 0 Å². The predicted molar refractivity (Wildman–Crippen MR) is 110 cm³/mol. The van der Waals surface area contributed by atoms with Crippen molar-refractivity contribution in [3.8, 4) is 17.1 Å². The van der Waals surface area contributed by atoms with Gasteiger partial charge in [0.25, 0.3) is 0 Å². The molecule has 1 unspecified atom stereocenters. The van der Waals surface area contributed by atoms with Gasteiger partial charge in [-0.2, -0.15) is 0 Å². The fourth-order valence-corrected chi connectivity index (χ4v) is 2.83. The molecule has 0 amide bonds. The Morgan fingerprint density at radius 3 is 2.22 bits per heavy atom. The number of aryl methyl sites for hydroxylation is 1. The van der Waals surface area contributed by atoms with E-state index in [-0.39, 0.29) is 11.9 Å². The lowest BCUT2D eigenvalue weighted by Gasteiger charge is -2.08. The Morgan fingerprint density at radius 1 is 0.963 bits per heavy atom. The quantitative estimate of drug-likeness (QED) is 0.361. The summed E-state index contributed by atoms with van der Waals surface area (Å²) in [5.74, 6) is 0.671. The van der Waals surface area contributed by atoms with Crippen molar-refractivity contribution in [2.75, 3.05) is 0 Å². The first-order valence-corrected chi connectivity index (χ1v) is 10.3. The Kier molecular flexibility index (Phi) is 8.96. The van der Waals surface area contributed by atoms with E-state index in [0.717, 1.165) is 18.4 Å². The molecule has 0 aliphatic carbocycles. The van der Waals surface area contributed by atoms with Crippen LogP contribution in [0.2, 0.25) is 0 Å². The monoisotopic (exact) mass is 368 g/mol. The molecular weight excluding hydrogens is 336 g/mol. The van der Waals surface area contributed by atoms with Crippen LogP contribution in [0.15, 0.2) is 36.7 Å². The molecule has 27 heavy (non-hydrogen) atoms. The molecule has 0 bridgehead atoms. The van der Waals surface area contributed by atoms with Gasteiger partial charge < -0.3 is 4.74 Å². The lowest BCUT2D eigenvalue weighted by Crippen LogP contribution is -2.17. The minimum absolute atomic E-state index is 0.121. The van der Waals surface area contributed by atoms with Crippen LogP contribution in [-0.4, -0.2) is 15.9 Å². The van der Waals surface area contributed by atoms with E-state index in [2.05, 4.69) is 41.2 Å². The third-order valence-corrected chi connectivity index (χ3v) is 4.89. The zero-order valence-electron chi connectivity index (χ0n) is 16.9. The van der Waals surface area contributed by atoms with Gasteiger partial charge in [0.15, 0.2) is 11.6 Å². The summed E-state index contributed by atoms with van der Waals surface area (Å²) in [6.07, 6.45) is 12.9. The molecule has 2 rings (SSSR count). The SMILES string of the molecule is CCCCCCCCc1ccc(-c2ncc(OC(=O)C(C)CC)cn2)cc1. The van der Waals surface area contributed by atoms with E-state index in [1.807, 2.05) is 13.8 Å². The third-order valence-electron chi connectivity index (χ3n) is 4.89. The molecule has 1 atom stereocenters. The van der Waals surface area contributed by atoms with Crippen LogP contribution in [0.3, 0.4) is 0 Å².